The Morgan fingerprint density at radius 1 is 0.966 bits per heavy atom. The van der Waals surface area contributed by atoms with Gasteiger partial charge in [0.25, 0.3) is 0 Å². The molecule has 0 aromatic heterocycles. The molecule has 0 atom stereocenters. The highest BCUT2D eigenvalue weighted by Crippen LogP contribution is 2.37. The number of benzene rings is 2. The second-order valence-electron chi connectivity index (χ2n) is 6.01. The molecule has 2 aromatic rings. The maximum absolute atomic E-state index is 11.9. The number of carbonyl (C=O) groups excluding carboxylic acids is 2. The number of rotatable bonds is 10. The fourth-order valence-electron chi connectivity index (χ4n) is 2.59. The number of hydrogen-bond acceptors (Lipinski definition) is 6. The van der Waals surface area contributed by atoms with Crippen molar-refractivity contribution < 1.29 is 23.8 Å². The number of hydrazone groups is 1. The van der Waals surface area contributed by atoms with Crippen molar-refractivity contribution >= 4 is 18.0 Å². The van der Waals surface area contributed by atoms with E-state index in [-0.39, 0.29) is 12.3 Å². The van der Waals surface area contributed by atoms with Gasteiger partial charge in [-0.25, -0.2) is 5.43 Å². The summed E-state index contributed by atoms with van der Waals surface area (Å²) in [5, 5.41) is 6.59. The number of nitrogens with zero attached hydrogens (tertiary/aromatic N) is 1. The minimum Gasteiger partial charge on any atom is -0.493 e. The maximum Gasteiger partial charge on any atom is 0.249 e. The van der Waals surface area contributed by atoms with Crippen molar-refractivity contribution in [1.82, 2.24) is 10.7 Å². The fourth-order valence-corrected chi connectivity index (χ4v) is 2.59. The summed E-state index contributed by atoms with van der Waals surface area (Å²) in [5.41, 5.74) is 4.08. The average Bonchev–Trinajstić information content (AvgIpc) is 2.73. The van der Waals surface area contributed by atoms with E-state index >= 15 is 0 Å². The van der Waals surface area contributed by atoms with Crippen molar-refractivity contribution in [2.45, 2.75) is 12.8 Å². The van der Waals surface area contributed by atoms with Gasteiger partial charge in [0, 0.05) is 12.1 Å². The van der Waals surface area contributed by atoms with Gasteiger partial charge in [0.1, 0.15) is 6.42 Å². The first kappa shape index (κ1) is 21.7. The van der Waals surface area contributed by atoms with Crippen molar-refractivity contribution in [3.63, 3.8) is 0 Å². The molecule has 0 unspecified atom stereocenters. The average molecular weight is 399 g/mol. The fraction of sp³-hybridized carbons (Fsp3) is 0.286. The zero-order chi connectivity index (χ0) is 21.1. The molecular formula is C21H25N3O5. The summed E-state index contributed by atoms with van der Waals surface area (Å²) in [5.74, 6) is 0.533. The number of ether oxygens (including phenoxy) is 3. The van der Waals surface area contributed by atoms with Gasteiger partial charge in [-0.15, -0.1) is 0 Å². The highest BCUT2D eigenvalue weighted by Gasteiger charge is 2.12. The first-order valence-electron chi connectivity index (χ1n) is 9.00. The lowest BCUT2D eigenvalue weighted by molar-refractivity contribution is -0.129. The summed E-state index contributed by atoms with van der Waals surface area (Å²) in [6, 6.07) is 13.2. The minimum absolute atomic E-state index is 0.304. The molecule has 154 valence electrons. The lowest BCUT2D eigenvalue weighted by atomic mass is 10.1. The van der Waals surface area contributed by atoms with Crippen LogP contribution in [0.2, 0.25) is 0 Å². The molecule has 2 rings (SSSR count). The maximum atomic E-state index is 11.9. The zero-order valence-electron chi connectivity index (χ0n) is 16.7. The van der Waals surface area contributed by atoms with Crippen LogP contribution in [0.15, 0.2) is 47.6 Å². The predicted octanol–water partition coefficient (Wildman–Crippen LogP) is 1.91. The van der Waals surface area contributed by atoms with Gasteiger partial charge in [-0.2, -0.15) is 5.10 Å². The highest BCUT2D eigenvalue weighted by molar-refractivity contribution is 5.97. The summed E-state index contributed by atoms with van der Waals surface area (Å²) >= 11 is 0. The SMILES string of the molecule is COc1cc(/C=N\NC(=O)CC(=O)NCCc2ccccc2)cc(OC)c1OC. The second kappa shape index (κ2) is 11.3. The van der Waals surface area contributed by atoms with Crippen molar-refractivity contribution in [3.05, 3.63) is 53.6 Å². The molecule has 0 radical (unpaired) electrons. The van der Waals surface area contributed by atoms with E-state index in [1.807, 2.05) is 30.3 Å². The van der Waals surface area contributed by atoms with Crippen LogP contribution in [0.25, 0.3) is 0 Å². The van der Waals surface area contributed by atoms with E-state index < -0.39 is 5.91 Å². The molecule has 0 aliphatic carbocycles. The molecule has 0 aliphatic rings. The molecule has 29 heavy (non-hydrogen) atoms. The number of methoxy groups -OCH3 is 3. The predicted molar refractivity (Wildman–Crippen MR) is 110 cm³/mol. The van der Waals surface area contributed by atoms with Crippen LogP contribution in [0.5, 0.6) is 17.2 Å². The van der Waals surface area contributed by atoms with Crippen LogP contribution in [-0.2, 0) is 16.0 Å². The largest absolute Gasteiger partial charge is 0.493 e. The number of hydrogen-bond donors (Lipinski definition) is 2. The minimum atomic E-state index is -0.508. The second-order valence-corrected chi connectivity index (χ2v) is 6.01. The molecular weight excluding hydrogens is 374 g/mol. The van der Waals surface area contributed by atoms with Crippen LogP contribution in [0.4, 0.5) is 0 Å². The van der Waals surface area contributed by atoms with Crippen molar-refractivity contribution in [2.24, 2.45) is 5.10 Å². The molecule has 0 bridgehead atoms. The highest BCUT2D eigenvalue weighted by atomic mass is 16.5. The third-order valence-corrected chi connectivity index (χ3v) is 3.99. The Bertz CT molecular complexity index is 828. The Hall–Kier alpha value is -3.55. The van der Waals surface area contributed by atoms with Gasteiger partial charge in [0.05, 0.1) is 27.5 Å². The summed E-state index contributed by atoms with van der Waals surface area (Å²) in [4.78, 5) is 23.7. The molecule has 0 fully saturated rings. The third kappa shape index (κ3) is 6.84. The van der Waals surface area contributed by atoms with Gasteiger partial charge in [-0.3, -0.25) is 9.59 Å². The summed E-state index contributed by atoms with van der Waals surface area (Å²) in [6.45, 7) is 0.463. The van der Waals surface area contributed by atoms with Crippen LogP contribution >= 0.6 is 0 Å². The smallest absolute Gasteiger partial charge is 0.249 e. The summed E-state index contributed by atoms with van der Waals surface area (Å²) < 4.78 is 15.8. The first-order chi connectivity index (χ1) is 14.1. The molecule has 0 saturated heterocycles. The van der Waals surface area contributed by atoms with E-state index in [2.05, 4.69) is 15.8 Å². The number of carbonyl (C=O) groups is 2. The molecule has 2 N–H and O–H groups in total. The van der Waals surface area contributed by atoms with Gasteiger partial charge in [0.15, 0.2) is 11.5 Å². The van der Waals surface area contributed by atoms with Crippen molar-refractivity contribution in [1.29, 1.82) is 0 Å². The van der Waals surface area contributed by atoms with Gasteiger partial charge < -0.3 is 19.5 Å². The summed E-state index contributed by atoms with van der Waals surface area (Å²) in [6.07, 6.45) is 1.82. The van der Waals surface area contributed by atoms with Crippen molar-refractivity contribution in [2.75, 3.05) is 27.9 Å². The quantitative estimate of drug-likeness (QED) is 0.361. The monoisotopic (exact) mass is 399 g/mol. The number of nitrogens with one attached hydrogen (secondary N) is 2. The molecule has 0 aliphatic heterocycles. The summed E-state index contributed by atoms with van der Waals surface area (Å²) in [7, 11) is 4.53. The van der Waals surface area contributed by atoms with E-state index in [0.29, 0.717) is 35.8 Å². The molecule has 0 heterocycles. The molecule has 0 spiro atoms. The van der Waals surface area contributed by atoms with E-state index in [0.717, 1.165) is 5.56 Å². The Labute approximate surface area is 169 Å². The Kier molecular flexibility index (Phi) is 8.50. The van der Waals surface area contributed by atoms with Crippen LogP contribution in [0, 0.1) is 0 Å². The van der Waals surface area contributed by atoms with Crippen LogP contribution in [0.3, 0.4) is 0 Å². The molecule has 2 aromatic carbocycles. The Morgan fingerprint density at radius 3 is 2.21 bits per heavy atom. The molecule has 2 amide bonds. The Balaban J connectivity index is 1.82. The van der Waals surface area contributed by atoms with Gasteiger partial charge in [-0.05, 0) is 24.1 Å². The normalized spacial score (nSPS) is 10.4. The molecule has 8 nitrogen and oxygen atoms in total. The number of amides is 2. The third-order valence-electron chi connectivity index (χ3n) is 3.99. The van der Waals surface area contributed by atoms with E-state index in [1.54, 1.807) is 12.1 Å². The van der Waals surface area contributed by atoms with E-state index in [9.17, 15) is 9.59 Å². The van der Waals surface area contributed by atoms with Crippen LogP contribution in [0.1, 0.15) is 17.5 Å². The molecule has 8 heteroatoms. The van der Waals surface area contributed by atoms with E-state index in [4.69, 9.17) is 14.2 Å². The topological polar surface area (TPSA) is 98.2 Å². The van der Waals surface area contributed by atoms with Crippen LogP contribution < -0.4 is 25.0 Å². The van der Waals surface area contributed by atoms with Gasteiger partial charge >= 0.3 is 0 Å². The zero-order valence-corrected chi connectivity index (χ0v) is 16.7. The standard InChI is InChI=1S/C21H25N3O5/c1-27-17-11-16(12-18(28-2)21(17)29-3)14-23-24-20(26)13-19(25)22-10-9-15-7-5-4-6-8-15/h4-8,11-12,14H,9-10,13H2,1-3H3,(H,22,25)(H,24,26)/b23-14-. The molecule has 0 saturated carbocycles. The lowest BCUT2D eigenvalue weighted by Gasteiger charge is -2.12. The van der Waals surface area contributed by atoms with Crippen molar-refractivity contribution in [3.8, 4) is 17.2 Å². The Morgan fingerprint density at radius 2 is 1.62 bits per heavy atom. The van der Waals surface area contributed by atoms with Crippen LogP contribution in [-0.4, -0.2) is 45.9 Å². The lowest BCUT2D eigenvalue weighted by Crippen LogP contribution is -2.31. The first-order valence-corrected chi connectivity index (χ1v) is 9.00. The van der Waals surface area contributed by atoms with E-state index in [1.165, 1.54) is 27.5 Å². The van der Waals surface area contributed by atoms with Gasteiger partial charge in [-0.1, -0.05) is 30.3 Å². The van der Waals surface area contributed by atoms with Gasteiger partial charge in [0.2, 0.25) is 17.6 Å².